The largest absolute Gasteiger partial charge is 0.398 e. The minimum absolute atomic E-state index is 0.291. The van der Waals surface area contributed by atoms with E-state index in [1.54, 1.807) is 42.6 Å². The van der Waals surface area contributed by atoms with Crippen LogP contribution in [0.4, 0.5) is 11.5 Å². The first-order valence-corrected chi connectivity index (χ1v) is 6.19. The Bertz CT molecular complexity index is 776. The molecule has 0 fully saturated rings. The topological polar surface area (TPSA) is 115 Å². The van der Waals surface area contributed by atoms with Crippen molar-refractivity contribution in [2.24, 2.45) is 7.05 Å². The van der Waals surface area contributed by atoms with Crippen LogP contribution in [0.3, 0.4) is 0 Å². The van der Waals surface area contributed by atoms with Crippen molar-refractivity contribution in [3.63, 3.8) is 0 Å². The van der Waals surface area contributed by atoms with E-state index in [1.165, 1.54) is 6.20 Å². The summed E-state index contributed by atoms with van der Waals surface area (Å²) < 4.78 is 1.55. The fourth-order valence-corrected chi connectivity index (χ4v) is 1.88. The van der Waals surface area contributed by atoms with Gasteiger partial charge in [-0.2, -0.15) is 5.10 Å². The molecule has 0 unspecified atom stereocenters. The molecule has 0 spiro atoms. The second-order valence-corrected chi connectivity index (χ2v) is 4.45. The van der Waals surface area contributed by atoms with Crippen LogP contribution in [0.25, 0.3) is 11.4 Å². The van der Waals surface area contributed by atoms with Crippen molar-refractivity contribution >= 4 is 17.4 Å². The second kappa shape index (κ2) is 5.08. The number of amides is 1. The third kappa shape index (κ3) is 2.59. The van der Waals surface area contributed by atoms with Gasteiger partial charge in [0.05, 0.1) is 17.3 Å². The predicted molar refractivity (Wildman–Crippen MR) is 77.4 cm³/mol. The first kappa shape index (κ1) is 12.9. The summed E-state index contributed by atoms with van der Waals surface area (Å²) in [5.74, 6) is 0.711. The number of hydrogen-bond acceptors (Lipinski definition) is 5. The van der Waals surface area contributed by atoms with Crippen molar-refractivity contribution in [3.8, 4) is 11.4 Å². The zero-order valence-electron chi connectivity index (χ0n) is 11.2. The number of aryl methyl sites for hydroxylation is 1. The molecule has 0 aliphatic carbocycles. The van der Waals surface area contributed by atoms with Crippen LogP contribution in [0.2, 0.25) is 0 Å². The van der Waals surface area contributed by atoms with Gasteiger partial charge in [0.2, 0.25) is 0 Å². The Kier molecular flexibility index (Phi) is 3.11. The molecule has 0 saturated heterocycles. The Balaban J connectivity index is 1.81. The van der Waals surface area contributed by atoms with Gasteiger partial charge in [-0.05, 0) is 0 Å². The Morgan fingerprint density at radius 2 is 2.24 bits per heavy atom. The van der Waals surface area contributed by atoms with Crippen molar-refractivity contribution in [1.82, 2.24) is 24.7 Å². The molecule has 3 rings (SSSR count). The van der Waals surface area contributed by atoms with E-state index in [0.717, 1.165) is 0 Å². The van der Waals surface area contributed by atoms with Gasteiger partial charge in [0, 0.05) is 43.6 Å². The van der Waals surface area contributed by atoms with Gasteiger partial charge in [-0.1, -0.05) is 0 Å². The summed E-state index contributed by atoms with van der Waals surface area (Å²) in [6, 6.07) is 1.59. The van der Waals surface area contributed by atoms with E-state index >= 15 is 0 Å². The number of nitrogens with one attached hydrogen (secondary N) is 2. The van der Waals surface area contributed by atoms with Crippen LogP contribution in [-0.4, -0.2) is 30.6 Å². The summed E-state index contributed by atoms with van der Waals surface area (Å²) in [5.41, 5.74) is 7.57. The predicted octanol–water partition coefficient (Wildman–Crippen LogP) is 1.04. The Labute approximate surface area is 120 Å². The molecule has 0 radical (unpaired) electrons. The Morgan fingerprint density at radius 1 is 1.38 bits per heavy atom. The molecule has 3 aromatic heterocycles. The van der Waals surface area contributed by atoms with E-state index in [-0.39, 0.29) is 5.91 Å². The summed E-state index contributed by atoms with van der Waals surface area (Å²) in [4.78, 5) is 23.2. The van der Waals surface area contributed by atoms with Crippen LogP contribution >= 0.6 is 0 Å². The number of carbonyl (C=O) groups excluding carboxylic acids is 1. The summed E-state index contributed by atoms with van der Waals surface area (Å²) in [5, 5.41) is 6.61. The van der Waals surface area contributed by atoms with E-state index < -0.39 is 0 Å². The molecular weight excluding hydrogens is 270 g/mol. The molecule has 0 aliphatic heterocycles. The van der Waals surface area contributed by atoms with Gasteiger partial charge >= 0.3 is 0 Å². The molecule has 8 nitrogen and oxygen atoms in total. The normalized spacial score (nSPS) is 10.5. The second-order valence-electron chi connectivity index (χ2n) is 4.45. The van der Waals surface area contributed by atoms with E-state index in [2.05, 4.69) is 25.4 Å². The molecule has 106 valence electrons. The number of nitrogens with two attached hydrogens (primary N) is 1. The molecule has 8 heteroatoms. The smallest absolute Gasteiger partial charge is 0.260 e. The zero-order valence-corrected chi connectivity index (χ0v) is 11.2. The maximum atomic E-state index is 12.0. The Morgan fingerprint density at radius 3 is 2.86 bits per heavy atom. The molecule has 0 saturated carbocycles. The molecule has 21 heavy (non-hydrogen) atoms. The lowest BCUT2D eigenvalue weighted by atomic mass is 10.2. The standard InChI is InChI=1S/C13H13N7O/c1-20-7-8(5-18-20)13(21)19-11-4-10(14)9(6-17-11)12-15-2-3-16-12/h2-7H,1H3,(H,15,16)(H3,14,17,19,21). The van der Waals surface area contributed by atoms with Gasteiger partial charge in [0.1, 0.15) is 11.6 Å². The van der Waals surface area contributed by atoms with E-state index in [1.807, 2.05) is 0 Å². The number of aromatic nitrogens is 5. The third-order valence-electron chi connectivity index (χ3n) is 2.90. The molecule has 3 heterocycles. The van der Waals surface area contributed by atoms with Crippen LogP contribution in [0.15, 0.2) is 37.1 Å². The monoisotopic (exact) mass is 283 g/mol. The number of imidazole rings is 1. The van der Waals surface area contributed by atoms with Crippen molar-refractivity contribution < 1.29 is 4.79 Å². The number of carbonyl (C=O) groups is 1. The van der Waals surface area contributed by atoms with Gasteiger partial charge in [-0.15, -0.1) is 0 Å². The highest BCUT2D eigenvalue weighted by Crippen LogP contribution is 2.23. The maximum absolute atomic E-state index is 12.0. The van der Waals surface area contributed by atoms with Gasteiger partial charge < -0.3 is 16.0 Å². The summed E-state index contributed by atoms with van der Waals surface area (Å²) in [6.07, 6.45) is 8.00. The Hall–Kier alpha value is -3.16. The first-order valence-electron chi connectivity index (χ1n) is 6.19. The van der Waals surface area contributed by atoms with Crippen LogP contribution in [-0.2, 0) is 7.05 Å². The average molecular weight is 283 g/mol. The van der Waals surface area contributed by atoms with Crippen LogP contribution in [0.1, 0.15) is 10.4 Å². The molecule has 3 aromatic rings. The minimum atomic E-state index is -0.291. The van der Waals surface area contributed by atoms with Crippen LogP contribution in [0, 0.1) is 0 Å². The minimum Gasteiger partial charge on any atom is -0.398 e. The van der Waals surface area contributed by atoms with Crippen LogP contribution < -0.4 is 11.1 Å². The fourth-order valence-electron chi connectivity index (χ4n) is 1.88. The van der Waals surface area contributed by atoms with Crippen molar-refractivity contribution in [2.45, 2.75) is 0 Å². The molecule has 4 N–H and O–H groups in total. The highest BCUT2D eigenvalue weighted by molar-refractivity contribution is 6.03. The van der Waals surface area contributed by atoms with Crippen molar-refractivity contribution in [3.05, 3.63) is 42.6 Å². The number of hydrogen-bond donors (Lipinski definition) is 3. The molecule has 1 amide bonds. The average Bonchev–Trinajstić information content (AvgIpc) is 3.10. The third-order valence-corrected chi connectivity index (χ3v) is 2.90. The molecule has 0 atom stereocenters. The highest BCUT2D eigenvalue weighted by Gasteiger charge is 2.11. The van der Waals surface area contributed by atoms with E-state index in [0.29, 0.717) is 28.5 Å². The number of nitrogen functional groups attached to an aromatic ring is 1. The molecule has 0 aliphatic rings. The lowest BCUT2D eigenvalue weighted by Crippen LogP contribution is -2.12. The number of pyridine rings is 1. The summed E-state index contributed by atoms with van der Waals surface area (Å²) >= 11 is 0. The number of rotatable bonds is 3. The van der Waals surface area contributed by atoms with Gasteiger partial charge in [0.25, 0.3) is 5.91 Å². The lowest BCUT2D eigenvalue weighted by Gasteiger charge is -2.06. The highest BCUT2D eigenvalue weighted by atomic mass is 16.1. The van der Waals surface area contributed by atoms with Gasteiger partial charge in [-0.3, -0.25) is 9.48 Å². The number of H-pyrrole nitrogens is 1. The first-order chi connectivity index (χ1) is 10.1. The van der Waals surface area contributed by atoms with E-state index in [9.17, 15) is 4.79 Å². The van der Waals surface area contributed by atoms with Crippen molar-refractivity contribution in [1.29, 1.82) is 0 Å². The van der Waals surface area contributed by atoms with Crippen molar-refractivity contribution in [2.75, 3.05) is 11.1 Å². The molecular formula is C13H13N7O. The number of anilines is 2. The number of nitrogens with zero attached hydrogens (tertiary/aromatic N) is 4. The fraction of sp³-hybridized carbons (Fsp3) is 0.0769. The molecule has 0 aromatic carbocycles. The van der Waals surface area contributed by atoms with Gasteiger partial charge in [-0.25, -0.2) is 9.97 Å². The quantitative estimate of drug-likeness (QED) is 0.664. The van der Waals surface area contributed by atoms with Crippen LogP contribution in [0.5, 0.6) is 0 Å². The van der Waals surface area contributed by atoms with Gasteiger partial charge in [0.15, 0.2) is 0 Å². The molecule has 0 bridgehead atoms. The lowest BCUT2D eigenvalue weighted by molar-refractivity contribution is 0.102. The summed E-state index contributed by atoms with van der Waals surface area (Å²) in [7, 11) is 1.74. The maximum Gasteiger partial charge on any atom is 0.260 e. The van der Waals surface area contributed by atoms with E-state index in [4.69, 9.17) is 5.73 Å². The SMILES string of the molecule is Cn1cc(C(=O)Nc2cc(N)c(-c3ncc[nH]3)cn2)cn1. The summed E-state index contributed by atoms with van der Waals surface area (Å²) in [6.45, 7) is 0. The number of aromatic amines is 1. The zero-order chi connectivity index (χ0) is 14.8.